The van der Waals surface area contributed by atoms with E-state index in [2.05, 4.69) is 10.6 Å². The molecule has 3 rings (SSSR count). The van der Waals surface area contributed by atoms with Crippen LogP contribution in [-0.2, 0) is 4.79 Å². The maximum absolute atomic E-state index is 13.4. The average Bonchev–Trinajstić information content (AvgIpc) is 3.30. The first kappa shape index (κ1) is 22.0. The Morgan fingerprint density at radius 1 is 1.20 bits per heavy atom. The zero-order chi connectivity index (χ0) is 21.5. The molecule has 0 spiro atoms. The van der Waals surface area contributed by atoms with Gasteiger partial charge in [-0.2, -0.15) is 0 Å². The second-order valence-corrected chi connectivity index (χ2v) is 8.31. The van der Waals surface area contributed by atoms with Gasteiger partial charge in [0.2, 0.25) is 5.91 Å². The topological polar surface area (TPSA) is 78.5 Å². The standard InChI is InChI=1S/C22H26FN3O3S/c1-2-10-24-21(28)19(25-20(27)18-7-4-13-30-18)15-8-11-26(12-9-15)22(29)16-5-3-6-17(23)14-16/h3-7,13-15,19H,2,8-12H2,1H3,(H,24,28)(H,25,27)/t19-/m0/s1. The van der Waals surface area contributed by atoms with Crippen LogP contribution < -0.4 is 10.6 Å². The first-order valence-electron chi connectivity index (χ1n) is 10.2. The van der Waals surface area contributed by atoms with E-state index in [1.807, 2.05) is 12.3 Å². The lowest BCUT2D eigenvalue weighted by Crippen LogP contribution is -2.53. The summed E-state index contributed by atoms with van der Waals surface area (Å²) in [7, 11) is 0. The van der Waals surface area contributed by atoms with Crippen molar-refractivity contribution in [3.63, 3.8) is 0 Å². The maximum atomic E-state index is 13.4. The molecule has 1 aliphatic heterocycles. The van der Waals surface area contributed by atoms with Crippen LogP contribution >= 0.6 is 11.3 Å². The minimum Gasteiger partial charge on any atom is -0.354 e. The molecule has 1 atom stereocenters. The molecule has 1 aromatic carbocycles. The normalized spacial score (nSPS) is 15.5. The smallest absolute Gasteiger partial charge is 0.262 e. The van der Waals surface area contributed by atoms with Crippen LogP contribution in [0.2, 0.25) is 0 Å². The van der Waals surface area contributed by atoms with Crippen LogP contribution in [0.1, 0.15) is 46.2 Å². The van der Waals surface area contributed by atoms with Gasteiger partial charge in [-0.3, -0.25) is 14.4 Å². The summed E-state index contributed by atoms with van der Waals surface area (Å²) >= 11 is 1.33. The van der Waals surface area contributed by atoms with Crippen molar-refractivity contribution in [2.45, 2.75) is 32.2 Å². The number of likely N-dealkylation sites (tertiary alicyclic amines) is 1. The number of benzene rings is 1. The molecule has 1 aliphatic rings. The van der Waals surface area contributed by atoms with Crippen molar-refractivity contribution in [3.8, 4) is 0 Å². The van der Waals surface area contributed by atoms with Gasteiger partial charge in [-0.1, -0.05) is 19.1 Å². The van der Waals surface area contributed by atoms with E-state index in [1.165, 1.54) is 29.5 Å². The summed E-state index contributed by atoms with van der Waals surface area (Å²) in [5.41, 5.74) is 0.316. The number of nitrogens with zero attached hydrogens (tertiary/aromatic N) is 1. The molecular formula is C22H26FN3O3S. The molecule has 2 aromatic rings. The van der Waals surface area contributed by atoms with Crippen LogP contribution in [0.15, 0.2) is 41.8 Å². The molecule has 0 unspecified atom stereocenters. The summed E-state index contributed by atoms with van der Waals surface area (Å²) in [5.74, 6) is -1.21. The lowest BCUT2D eigenvalue weighted by molar-refractivity contribution is -0.124. The molecule has 0 aliphatic carbocycles. The molecular weight excluding hydrogens is 405 g/mol. The van der Waals surface area contributed by atoms with E-state index < -0.39 is 11.9 Å². The minimum absolute atomic E-state index is 0.0812. The van der Waals surface area contributed by atoms with E-state index in [0.717, 1.165) is 6.42 Å². The number of nitrogens with one attached hydrogen (secondary N) is 2. The number of carbonyl (C=O) groups is 3. The quantitative estimate of drug-likeness (QED) is 0.707. The van der Waals surface area contributed by atoms with Gasteiger partial charge in [-0.15, -0.1) is 11.3 Å². The third kappa shape index (κ3) is 5.44. The first-order chi connectivity index (χ1) is 14.5. The van der Waals surface area contributed by atoms with Crippen molar-refractivity contribution in [2.75, 3.05) is 19.6 Å². The largest absolute Gasteiger partial charge is 0.354 e. The Bertz CT molecular complexity index is 880. The summed E-state index contributed by atoms with van der Waals surface area (Å²) in [6.45, 7) is 3.41. The predicted molar refractivity (Wildman–Crippen MR) is 114 cm³/mol. The second-order valence-electron chi connectivity index (χ2n) is 7.36. The third-order valence-corrected chi connectivity index (χ3v) is 6.10. The monoisotopic (exact) mass is 431 g/mol. The highest BCUT2D eigenvalue weighted by Crippen LogP contribution is 2.23. The number of carbonyl (C=O) groups excluding carboxylic acids is 3. The highest BCUT2D eigenvalue weighted by molar-refractivity contribution is 7.12. The van der Waals surface area contributed by atoms with Crippen LogP contribution in [-0.4, -0.2) is 48.3 Å². The van der Waals surface area contributed by atoms with Crippen LogP contribution in [0.25, 0.3) is 0 Å². The van der Waals surface area contributed by atoms with Gasteiger partial charge >= 0.3 is 0 Å². The van der Waals surface area contributed by atoms with Crippen molar-refractivity contribution < 1.29 is 18.8 Å². The Hall–Kier alpha value is -2.74. The van der Waals surface area contributed by atoms with Gasteiger partial charge in [-0.05, 0) is 54.8 Å². The van der Waals surface area contributed by atoms with Crippen molar-refractivity contribution in [1.29, 1.82) is 0 Å². The molecule has 30 heavy (non-hydrogen) atoms. The number of rotatable bonds is 7. The van der Waals surface area contributed by atoms with E-state index in [-0.39, 0.29) is 23.6 Å². The zero-order valence-electron chi connectivity index (χ0n) is 16.9. The van der Waals surface area contributed by atoms with E-state index >= 15 is 0 Å². The van der Waals surface area contributed by atoms with E-state index in [9.17, 15) is 18.8 Å². The fourth-order valence-electron chi connectivity index (χ4n) is 3.62. The Kier molecular flexibility index (Phi) is 7.57. The van der Waals surface area contributed by atoms with Crippen molar-refractivity contribution in [1.82, 2.24) is 15.5 Å². The Morgan fingerprint density at radius 2 is 1.97 bits per heavy atom. The fourth-order valence-corrected chi connectivity index (χ4v) is 4.24. The van der Waals surface area contributed by atoms with Gasteiger partial charge in [0.1, 0.15) is 11.9 Å². The van der Waals surface area contributed by atoms with Crippen LogP contribution in [0.3, 0.4) is 0 Å². The number of hydrogen-bond acceptors (Lipinski definition) is 4. The molecule has 2 N–H and O–H groups in total. The number of thiophene rings is 1. The Labute approximate surface area is 179 Å². The van der Waals surface area contributed by atoms with Crippen LogP contribution in [0, 0.1) is 11.7 Å². The molecule has 1 fully saturated rings. The summed E-state index contributed by atoms with van der Waals surface area (Å²) < 4.78 is 13.4. The average molecular weight is 432 g/mol. The number of halogens is 1. The Balaban J connectivity index is 1.65. The van der Waals surface area contributed by atoms with Gasteiger partial charge in [0.25, 0.3) is 11.8 Å². The SMILES string of the molecule is CCCNC(=O)[C@@H](NC(=O)c1cccs1)C1CCN(C(=O)c2cccc(F)c2)CC1. The van der Waals surface area contributed by atoms with Gasteiger partial charge in [0, 0.05) is 25.2 Å². The fraction of sp³-hybridized carbons (Fsp3) is 0.409. The molecule has 8 heteroatoms. The van der Waals surface area contributed by atoms with E-state index in [4.69, 9.17) is 0 Å². The van der Waals surface area contributed by atoms with Crippen molar-refractivity contribution in [3.05, 3.63) is 58.0 Å². The van der Waals surface area contributed by atoms with Crippen molar-refractivity contribution >= 4 is 29.1 Å². The zero-order valence-corrected chi connectivity index (χ0v) is 17.7. The third-order valence-electron chi connectivity index (χ3n) is 5.23. The lowest BCUT2D eigenvalue weighted by atomic mass is 9.88. The molecule has 1 saturated heterocycles. The number of piperidine rings is 1. The highest BCUT2D eigenvalue weighted by Gasteiger charge is 2.34. The minimum atomic E-state index is -0.655. The molecule has 0 bridgehead atoms. The summed E-state index contributed by atoms with van der Waals surface area (Å²) in [5, 5.41) is 7.58. The predicted octanol–water partition coefficient (Wildman–Crippen LogP) is 3.06. The van der Waals surface area contributed by atoms with Gasteiger partial charge in [0.05, 0.1) is 4.88 Å². The van der Waals surface area contributed by atoms with Crippen LogP contribution in [0.4, 0.5) is 4.39 Å². The molecule has 160 valence electrons. The van der Waals surface area contributed by atoms with Gasteiger partial charge in [0.15, 0.2) is 0 Å². The number of hydrogen-bond donors (Lipinski definition) is 2. The summed E-state index contributed by atoms with van der Waals surface area (Å²) in [4.78, 5) is 40.2. The van der Waals surface area contributed by atoms with Gasteiger partial charge in [-0.25, -0.2) is 4.39 Å². The molecule has 0 radical (unpaired) electrons. The Morgan fingerprint density at radius 3 is 2.60 bits per heavy atom. The molecule has 0 saturated carbocycles. The molecule has 1 aromatic heterocycles. The highest BCUT2D eigenvalue weighted by atomic mass is 32.1. The van der Waals surface area contributed by atoms with E-state index in [1.54, 1.807) is 23.1 Å². The second kappa shape index (κ2) is 10.3. The van der Waals surface area contributed by atoms with Crippen LogP contribution in [0.5, 0.6) is 0 Å². The lowest BCUT2D eigenvalue weighted by Gasteiger charge is -2.35. The summed E-state index contributed by atoms with van der Waals surface area (Å²) in [6.07, 6.45) is 1.96. The van der Waals surface area contributed by atoms with E-state index in [0.29, 0.717) is 42.9 Å². The molecule has 6 nitrogen and oxygen atoms in total. The first-order valence-corrected chi connectivity index (χ1v) is 11.0. The number of amides is 3. The molecule has 2 heterocycles. The maximum Gasteiger partial charge on any atom is 0.262 e. The summed E-state index contributed by atoms with van der Waals surface area (Å²) in [6, 6.07) is 8.51. The van der Waals surface area contributed by atoms with Crippen molar-refractivity contribution in [2.24, 2.45) is 5.92 Å². The molecule has 3 amide bonds. The van der Waals surface area contributed by atoms with Gasteiger partial charge < -0.3 is 15.5 Å².